The largest absolute Gasteiger partial charge is 0.490 e. The highest BCUT2D eigenvalue weighted by Gasteiger charge is 2.20. The molecule has 4 rings (SSSR count). The van der Waals surface area contributed by atoms with E-state index in [9.17, 15) is 4.79 Å². The van der Waals surface area contributed by atoms with Gasteiger partial charge in [0.2, 0.25) is 5.91 Å². The summed E-state index contributed by atoms with van der Waals surface area (Å²) in [5, 5.41) is 2.85. The third-order valence-electron chi connectivity index (χ3n) is 5.12. The van der Waals surface area contributed by atoms with Gasteiger partial charge in [-0.25, -0.2) is 0 Å². The molecule has 1 aliphatic rings. The Bertz CT molecular complexity index is 1130. The van der Waals surface area contributed by atoms with Crippen LogP contribution in [0.15, 0.2) is 78.9 Å². The number of ether oxygens (including phenoxy) is 5. The van der Waals surface area contributed by atoms with Crippen LogP contribution in [-0.2, 0) is 4.79 Å². The lowest BCUT2D eigenvalue weighted by atomic mass is 10.2. The third-order valence-corrected chi connectivity index (χ3v) is 5.12. The molecule has 0 aliphatic carbocycles. The molecule has 7 nitrogen and oxygen atoms in total. The molecule has 1 aliphatic heterocycles. The Labute approximate surface area is 205 Å². The topological polar surface area (TPSA) is 75.3 Å². The molecular weight excluding hydrogens is 446 g/mol. The second-order valence-corrected chi connectivity index (χ2v) is 7.73. The highest BCUT2D eigenvalue weighted by atomic mass is 16.6. The molecule has 1 heterocycles. The predicted octanol–water partition coefficient (Wildman–Crippen LogP) is 4.51. The van der Waals surface area contributed by atoms with Crippen molar-refractivity contribution in [2.24, 2.45) is 0 Å². The van der Waals surface area contributed by atoms with Crippen LogP contribution in [0.2, 0.25) is 0 Å². The Morgan fingerprint density at radius 2 is 1.71 bits per heavy atom. The van der Waals surface area contributed by atoms with Crippen molar-refractivity contribution >= 4 is 12.0 Å². The summed E-state index contributed by atoms with van der Waals surface area (Å²) in [5.74, 6) is 3.22. The number of nitrogens with one attached hydrogen (secondary N) is 1. The van der Waals surface area contributed by atoms with Crippen molar-refractivity contribution in [1.29, 1.82) is 0 Å². The quantitative estimate of drug-likeness (QED) is 0.325. The van der Waals surface area contributed by atoms with Crippen molar-refractivity contribution < 1.29 is 28.5 Å². The number of hydrogen-bond donors (Lipinski definition) is 1. The van der Waals surface area contributed by atoms with E-state index >= 15 is 0 Å². The SMILES string of the molecule is CCOc1cc(/C=C/C(=O)NCC2COc3ccccc3O2)ccc1OCCOc1ccccc1. The van der Waals surface area contributed by atoms with Crippen LogP contribution < -0.4 is 29.0 Å². The number of rotatable bonds is 11. The first-order chi connectivity index (χ1) is 17.2. The number of carbonyl (C=O) groups is 1. The minimum Gasteiger partial charge on any atom is -0.490 e. The van der Waals surface area contributed by atoms with Crippen LogP contribution in [0, 0.1) is 0 Å². The molecule has 3 aromatic carbocycles. The number of hydrogen-bond acceptors (Lipinski definition) is 6. The second kappa shape index (κ2) is 12.4. The van der Waals surface area contributed by atoms with Gasteiger partial charge in [-0.05, 0) is 55.0 Å². The predicted molar refractivity (Wildman–Crippen MR) is 133 cm³/mol. The Hall–Kier alpha value is -4.13. The van der Waals surface area contributed by atoms with Crippen molar-refractivity contribution in [2.75, 3.05) is 33.0 Å². The summed E-state index contributed by atoms with van der Waals surface area (Å²) >= 11 is 0. The van der Waals surface area contributed by atoms with E-state index in [1.807, 2.05) is 79.7 Å². The summed E-state index contributed by atoms with van der Waals surface area (Å²) in [6.07, 6.45) is 2.97. The molecule has 35 heavy (non-hydrogen) atoms. The van der Waals surface area contributed by atoms with Crippen LogP contribution in [0.25, 0.3) is 6.08 Å². The Morgan fingerprint density at radius 3 is 2.54 bits per heavy atom. The van der Waals surface area contributed by atoms with E-state index in [1.54, 1.807) is 6.08 Å². The van der Waals surface area contributed by atoms with E-state index in [0.29, 0.717) is 50.2 Å². The maximum Gasteiger partial charge on any atom is 0.244 e. The monoisotopic (exact) mass is 475 g/mol. The van der Waals surface area contributed by atoms with Crippen molar-refractivity contribution in [3.05, 3.63) is 84.4 Å². The number of amides is 1. The van der Waals surface area contributed by atoms with E-state index in [1.165, 1.54) is 6.08 Å². The molecule has 3 aromatic rings. The fourth-order valence-electron chi connectivity index (χ4n) is 3.45. The maximum atomic E-state index is 12.3. The van der Waals surface area contributed by atoms with Gasteiger partial charge < -0.3 is 29.0 Å². The molecule has 0 saturated heterocycles. The molecule has 0 spiro atoms. The van der Waals surface area contributed by atoms with Gasteiger partial charge in [0.1, 0.15) is 31.7 Å². The van der Waals surface area contributed by atoms with Crippen molar-refractivity contribution in [2.45, 2.75) is 13.0 Å². The van der Waals surface area contributed by atoms with Gasteiger partial charge in [0.05, 0.1) is 13.2 Å². The molecule has 0 fully saturated rings. The van der Waals surface area contributed by atoms with Crippen LogP contribution in [0.4, 0.5) is 0 Å². The van der Waals surface area contributed by atoms with Gasteiger partial charge in [0, 0.05) is 6.08 Å². The van der Waals surface area contributed by atoms with Gasteiger partial charge in [0.15, 0.2) is 23.0 Å². The summed E-state index contributed by atoms with van der Waals surface area (Å²) in [4.78, 5) is 12.3. The van der Waals surface area contributed by atoms with E-state index in [0.717, 1.165) is 17.1 Å². The summed E-state index contributed by atoms with van der Waals surface area (Å²) in [6, 6.07) is 22.6. The van der Waals surface area contributed by atoms with Crippen molar-refractivity contribution in [3.63, 3.8) is 0 Å². The lowest BCUT2D eigenvalue weighted by molar-refractivity contribution is -0.116. The van der Waals surface area contributed by atoms with Gasteiger partial charge in [-0.15, -0.1) is 0 Å². The van der Waals surface area contributed by atoms with Crippen molar-refractivity contribution in [3.8, 4) is 28.7 Å². The summed E-state index contributed by atoms with van der Waals surface area (Å²) in [7, 11) is 0. The van der Waals surface area contributed by atoms with Crippen LogP contribution in [0.5, 0.6) is 28.7 Å². The molecule has 0 aromatic heterocycles. The first-order valence-electron chi connectivity index (χ1n) is 11.6. The first kappa shape index (κ1) is 24.0. The molecule has 182 valence electrons. The van der Waals surface area contributed by atoms with Gasteiger partial charge in [-0.1, -0.05) is 36.4 Å². The zero-order valence-corrected chi connectivity index (χ0v) is 19.6. The van der Waals surface area contributed by atoms with E-state index in [2.05, 4.69) is 5.32 Å². The lowest BCUT2D eigenvalue weighted by Gasteiger charge is -2.26. The molecule has 7 heteroatoms. The standard InChI is InChI=1S/C28H29NO6/c1-2-31-27-18-21(12-14-25(27)33-17-16-32-22-8-4-3-5-9-22)13-15-28(30)29-19-23-20-34-24-10-6-7-11-26(24)35-23/h3-15,18,23H,2,16-17,19-20H2,1H3,(H,29,30)/b15-13+. The minimum absolute atomic E-state index is 0.219. The summed E-state index contributed by atoms with van der Waals surface area (Å²) < 4.78 is 28.8. The van der Waals surface area contributed by atoms with Crippen LogP contribution in [0.3, 0.4) is 0 Å². The Balaban J connectivity index is 1.26. The summed E-state index contributed by atoms with van der Waals surface area (Å²) in [6.45, 7) is 3.93. The summed E-state index contributed by atoms with van der Waals surface area (Å²) in [5.41, 5.74) is 0.822. The smallest absolute Gasteiger partial charge is 0.244 e. The third kappa shape index (κ3) is 7.17. The molecule has 1 atom stereocenters. The normalized spacial score (nSPS) is 14.4. The molecule has 0 bridgehead atoms. The minimum atomic E-state index is -0.242. The average molecular weight is 476 g/mol. The fraction of sp³-hybridized carbons (Fsp3) is 0.250. The van der Waals surface area contributed by atoms with Gasteiger partial charge >= 0.3 is 0 Å². The fourth-order valence-corrected chi connectivity index (χ4v) is 3.45. The number of benzene rings is 3. The second-order valence-electron chi connectivity index (χ2n) is 7.73. The highest BCUT2D eigenvalue weighted by molar-refractivity contribution is 5.91. The molecule has 0 radical (unpaired) electrons. The zero-order valence-electron chi connectivity index (χ0n) is 19.6. The van der Waals surface area contributed by atoms with E-state index in [4.69, 9.17) is 23.7 Å². The van der Waals surface area contributed by atoms with Crippen molar-refractivity contribution in [1.82, 2.24) is 5.32 Å². The molecule has 1 N–H and O–H groups in total. The maximum absolute atomic E-state index is 12.3. The van der Waals surface area contributed by atoms with E-state index in [-0.39, 0.29) is 12.0 Å². The molecular formula is C28H29NO6. The number of carbonyl (C=O) groups excluding carboxylic acids is 1. The van der Waals surface area contributed by atoms with Gasteiger partial charge in [-0.2, -0.15) is 0 Å². The Morgan fingerprint density at radius 1 is 0.943 bits per heavy atom. The molecule has 0 saturated carbocycles. The highest BCUT2D eigenvalue weighted by Crippen LogP contribution is 2.31. The van der Waals surface area contributed by atoms with Crippen LogP contribution in [-0.4, -0.2) is 45.0 Å². The number of para-hydroxylation sites is 3. The number of fused-ring (bicyclic) bond motifs is 1. The van der Waals surface area contributed by atoms with Crippen LogP contribution >= 0.6 is 0 Å². The lowest BCUT2D eigenvalue weighted by Crippen LogP contribution is -2.40. The average Bonchev–Trinajstić information content (AvgIpc) is 2.90. The molecule has 1 unspecified atom stereocenters. The molecule has 1 amide bonds. The van der Waals surface area contributed by atoms with Gasteiger partial charge in [0.25, 0.3) is 0 Å². The van der Waals surface area contributed by atoms with E-state index < -0.39 is 0 Å². The first-order valence-corrected chi connectivity index (χ1v) is 11.6. The zero-order chi connectivity index (χ0) is 24.3. The van der Waals surface area contributed by atoms with Crippen LogP contribution in [0.1, 0.15) is 12.5 Å². The van der Waals surface area contributed by atoms with Gasteiger partial charge in [-0.3, -0.25) is 4.79 Å². The Kier molecular flexibility index (Phi) is 8.48.